The van der Waals surface area contributed by atoms with Crippen molar-refractivity contribution >= 4 is 16.5 Å². The third-order valence-electron chi connectivity index (χ3n) is 4.15. The van der Waals surface area contributed by atoms with E-state index in [4.69, 9.17) is 9.84 Å². The standard InChI is InChI=1S/C15H14F3N7OS.C3H8O/c16-15(17,18)10-3-1-2-4-11(10)26-9-5-7-25(8-6-9)14-22-21-13(27-14)12-19-23-24-20-12;1-3(2)4/h1-4,9H,5-8H2,(H,19,20,23,24);3-4H,1-2H3. The summed E-state index contributed by atoms with van der Waals surface area (Å²) in [5, 5.41) is 31.1. The van der Waals surface area contributed by atoms with Crippen LogP contribution < -0.4 is 9.64 Å². The highest BCUT2D eigenvalue weighted by molar-refractivity contribution is 7.18. The van der Waals surface area contributed by atoms with Crippen molar-refractivity contribution in [2.75, 3.05) is 18.0 Å². The van der Waals surface area contributed by atoms with Crippen LogP contribution in [0, 0.1) is 0 Å². The van der Waals surface area contributed by atoms with Gasteiger partial charge in [-0.25, -0.2) is 0 Å². The van der Waals surface area contributed by atoms with Crippen molar-refractivity contribution in [1.29, 1.82) is 0 Å². The number of aliphatic hydroxyl groups is 1. The molecule has 4 rings (SSSR count). The lowest BCUT2D eigenvalue weighted by Gasteiger charge is -2.32. The SMILES string of the molecule is CC(C)O.FC(F)(F)c1ccccc1OC1CCN(c2nnc(-c3nn[nH]n3)s2)CC1. The summed E-state index contributed by atoms with van der Waals surface area (Å²) in [4.78, 5) is 2.02. The maximum atomic E-state index is 13.1. The summed E-state index contributed by atoms with van der Waals surface area (Å²) in [6.45, 7) is 4.67. The van der Waals surface area contributed by atoms with Crippen molar-refractivity contribution in [2.24, 2.45) is 0 Å². The first-order chi connectivity index (χ1) is 14.7. The lowest BCUT2D eigenvalue weighted by atomic mass is 10.1. The lowest BCUT2D eigenvalue weighted by molar-refractivity contribution is -0.139. The number of H-pyrrole nitrogens is 1. The summed E-state index contributed by atoms with van der Waals surface area (Å²) in [6, 6.07) is 5.29. The van der Waals surface area contributed by atoms with E-state index in [1.807, 2.05) is 4.90 Å². The second-order valence-electron chi connectivity index (χ2n) is 7.02. The van der Waals surface area contributed by atoms with E-state index in [0.29, 0.717) is 41.9 Å². The minimum atomic E-state index is -4.44. The molecule has 1 saturated heterocycles. The van der Waals surface area contributed by atoms with Crippen molar-refractivity contribution in [3.05, 3.63) is 29.8 Å². The van der Waals surface area contributed by atoms with Crippen LogP contribution in [-0.2, 0) is 6.18 Å². The van der Waals surface area contributed by atoms with Crippen LogP contribution in [0.5, 0.6) is 5.75 Å². The minimum absolute atomic E-state index is 0.126. The molecule has 0 saturated carbocycles. The molecule has 13 heteroatoms. The molecule has 9 nitrogen and oxygen atoms in total. The van der Waals surface area contributed by atoms with E-state index >= 15 is 0 Å². The Hall–Kier alpha value is -2.80. The first kappa shape index (κ1) is 22.9. The molecule has 1 fully saturated rings. The number of ether oxygens (including phenoxy) is 1. The number of alkyl halides is 3. The molecular formula is C18H22F3N7O2S. The largest absolute Gasteiger partial charge is 0.490 e. The Bertz CT molecular complexity index is 939. The number of aromatic amines is 1. The zero-order valence-electron chi connectivity index (χ0n) is 16.9. The number of halogens is 3. The number of anilines is 1. The predicted octanol–water partition coefficient (Wildman–Crippen LogP) is 3.17. The highest BCUT2D eigenvalue weighted by Crippen LogP contribution is 2.37. The van der Waals surface area contributed by atoms with Crippen LogP contribution in [0.4, 0.5) is 18.3 Å². The van der Waals surface area contributed by atoms with Crippen molar-refractivity contribution in [3.63, 3.8) is 0 Å². The highest BCUT2D eigenvalue weighted by Gasteiger charge is 2.35. The molecule has 0 aliphatic carbocycles. The highest BCUT2D eigenvalue weighted by atomic mass is 32.1. The Morgan fingerprint density at radius 1 is 1.16 bits per heavy atom. The van der Waals surface area contributed by atoms with Gasteiger partial charge in [-0.05, 0) is 31.2 Å². The quantitative estimate of drug-likeness (QED) is 0.614. The maximum Gasteiger partial charge on any atom is 0.419 e. The van der Waals surface area contributed by atoms with Crippen LogP contribution >= 0.6 is 11.3 Å². The fourth-order valence-corrected chi connectivity index (χ4v) is 3.66. The van der Waals surface area contributed by atoms with Gasteiger partial charge < -0.3 is 14.7 Å². The Kier molecular flexibility index (Phi) is 7.38. The molecule has 0 spiro atoms. The van der Waals surface area contributed by atoms with Gasteiger partial charge in [0.15, 0.2) is 5.01 Å². The number of nitrogens with zero attached hydrogens (tertiary/aromatic N) is 6. The van der Waals surface area contributed by atoms with Crippen LogP contribution in [0.15, 0.2) is 24.3 Å². The van der Waals surface area contributed by atoms with E-state index in [-0.39, 0.29) is 18.0 Å². The van der Waals surface area contributed by atoms with Gasteiger partial charge in [0.2, 0.25) is 11.0 Å². The molecule has 0 unspecified atom stereocenters. The summed E-state index contributed by atoms with van der Waals surface area (Å²) in [5.41, 5.74) is -0.749. The van der Waals surface area contributed by atoms with Crippen molar-refractivity contribution < 1.29 is 23.0 Å². The van der Waals surface area contributed by atoms with E-state index in [1.54, 1.807) is 19.9 Å². The molecule has 2 aromatic heterocycles. The van der Waals surface area contributed by atoms with Crippen LogP contribution in [0.25, 0.3) is 10.8 Å². The normalized spacial score (nSPS) is 15.0. The molecule has 0 bridgehead atoms. The third kappa shape index (κ3) is 6.34. The van der Waals surface area contributed by atoms with Gasteiger partial charge in [0.1, 0.15) is 11.9 Å². The topological polar surface area (TPSA) is 113 Å². The van der Waals surface area contributed by atoms with Gasteiger partial charge in [0.05, 0.1) is 5.56 Å². The van der Waals surface area contributed by atoms with E-state index in [2.05, 4.69) is 30.8 Å². The predicted molar refractivity (Wildman–Crippen MR) is 108 cm³/mol. The molecule has 2 N–H and O–H groups in total. The number of hydrogen-bond donors (Lipinski definition) is 2. The number of hydrogen-bond acceptors (Lipinski definition) is 9. The molecule has 168 valence electrons. The number of rotatable bonds is 4. The molecular weight excluding hydrogens is 435 g/mol. The molecule has 0 atom stereocenters. The Morgan fingerprint density at radius 3 is 2.45 bits per heavy atom. The van der Waals surface area contributed by atoms with Crippen LogP contribution in [0.1, 0.15) is 32.3 Å². The number of para-hydroxylation sites is 1. The summed E-state index contributed by atoms with van der Waals surface area (Å²) < 4.78 is 44.9. The van der Waals surface area contributed by atoms with Gasteiger partial charge in [-0.3, -0.25) is 0 Å². The fourth-order valence-electron chi connectivity index (χ4n) is 2.83. The molecule has 31 heavy (non-hydrogen) atoms. The third-order valence-corrected chi connectivity index (χ3v) is 5.13. The fraction of sp³-hybridized carbons (Fsp3) is 0.500. The van der Waals surface area contributed by atoms with E-state index in [9.17, 15) is 13.2 Å². The van der Waals surface area contributed by atoms with Crippen molar-refractivity contribution in [2.45, 2.75) is 45.1 Å². The number of tetrazole rings is 1. The monoisotopic (exact) mass is 457 g/mol. The smallest absolute Gasteiger partial charge is 0.419 e. The molecule has 1 aliphatic rings. The Morgan fingerprint density at radius 2 is 1.84 bits per heavy atom. The van der Waals surface area contributed by atoms with Crippen LogP contribution in [0.3, 0.4) is 0 Å². The first-order valence-corrected chi connectivity index (χ1v) is 10.4. The van der Waals surface area contributed by atoms with Crippen LogP contribution in [0.2, 0.25) is 0 Å². The summed E-state index contributed by atoms with van der Waals surface area (Å²) in [7, 11) is 0. The number of benzene rings is 1. The van der Waals surface area contributed by atoms with Gasteiger partial charge in [-0.15, -0.1) is 20.4 Å². The summed E-state index contributed by atoms with van der Waals surface area (Å²) in [5.74, 6) is 0.250. The molecule has 3 aromatic rings. The zero-order chi connectivity index (χ0) is 22.4. The molecule has 0 radical (unpaired) electrons. The maximum absolute atomic E-state index is 13.1. The van der Waals surface area contributed by atoms with Crippen molar-refractivity contribution in [1.82, 2.24) is 30.8 Å². The lowest BCUT2D eigenvalue weighted by Crippen LogP contribution is -2.38. The number of aliphatic hydroxyl groups excluding tert-OH is 1. The average molecular weight is 457 g/mol. The number of aromatic nitrogens is 6. The molecule has 1 aromatic carbocycles. The number of piperidine rings is 1. The number of nitrogens with one attached hydrogen (secondary N) is 1. The Labute approximate surface area is 180 Å². The van der Waals surface area contributed by atoms with E-state index in [1.165, 1.54) is 23.5 Å². The second-order valence-corrected chi connectivity index (χ2v) is 7.97. The van der Waals surface area contributed by atoms with E-state index in [0.717, 1.165) is 6.07 Å². The van der Waals surface area contributed by atoms with Gasteiger partial charge >= 0.3 is 6.18 Å². The van der Waals surface area contributed by atoms with Gasteiger partial charge in [-0.1, -0.05) is 23.5 Å². The molecule has 3 heterocycles. The Balaban J connectivity index is 0.000000628. The minimum Gasteiger partial charge on any atom is -0.490 e. The van der Waals surface area contributed by atoms with Crippen LogP contribution in [-0.4, -0.2) is 61.2 Å². The molecule has 1 aliphatic heterocycles. The molecule has 0 amide bonds. The second kappa shape index (κ2) is 10.0. The summed E-state index contributed by atoms with van der Waals surface area (Å²) in [6.07, 6.45) is -3.71. The average Bonchev–Trinajstić information content (AvgIpc) is 3.40. The summed E-state index contributed by atoms with van der Waals surface area (Å²) >= 11 is 1.34. The van der Waals surface area contributed by atoms with Gasteiger partial charge in [-0.2, -0.15) is 18.4 Å². The first-order valence-electron chi connectivity index (χ1n) is 9.57. The van der Waals surface area contributed by atoms with Crippen molar-refractivity contribution in [3.8, 4) is 16.6 Å². The van der Waals surface area contributed by atoms with Gasteiger partial charge in [0.25, 0.3) is 0 Å². The van der Waals surface area contributed by atoms with E-state index < -0.39 is 11.7 Å². The zero-order valence-corrected chi connectivity index (χ0v) is 17.7. The van der Waals surface area contributed by atoms with Gasteiger partial charge in [0, 0.05) is 32.0 Å².